The third-order valence-electron chi connectivity index (χ3n) is 9.20. The standard InChI is InChI=1S/C34H42Cl2N6/c1-3-41-16-6-7-28(41)22-37-34-29-8-4-5-9-31(29)38-32(39-34)23-40-17-19-42(20-18-40)33(25-10-13-27(35)14-11-25)26-12-15-30(36)24(2)21-26/h4-5,8-15,24,28,33H,3,6-7,16-23H2,1-2H3,(H,37,38,39). The number of nitrogens with one attached hydrogen (secondary N) is 1. The van der Waals surface area contributed by atoms with Gasteiger partial charge in [-0.2, -0.15) is 0 Å². The maximum absolute atomic E-state index is 6.46. The number of hydrogen-bond donors (Lipinski definition) is 1. The molecule has 2 aromatic carbocycles. The molecular weight excluding hydrogens is 563 g/mol. The zero-order valence-electron chi connectivity index (χ0n) is 24.8. The SMILES string of the molecule is CCN1CCCC1CNc1nc(CN2CCN(C(C3=CC=C(Cl)C(C)C3)c3ccc(Cl)cc3)CC2)nc2ccccc12. The van der Waals surface area contributed by atoms with Crippen LogP contribution in [0.25, 0.3) is 10.9 Å². The molecule has 8 heteroatoms. The molecule has 1 aromatic heterocycles. The van der Waals surface area contributed by atoms with Crippen LogP contribution in [0.15, 0.2) is 71.3 Å². The Hall–Kier alpha value is -2.48. The molecule has 2 fully saturated rings. The lowest BCUT2D eigenvalue weighted by molar-refractivity contribution is 0.1000. The summed E-state index contributed by atoms with van der Waals surface area (Å²) < 4.78 is 0. The fraction of sp³-hybridized carbons (Fsp3) is 0.471. The first-order valence-electron chi connectivity index (χ1n) is 15.5. The summed E-state index contributed by atoms with van der Waals surface area (Å²) in [6.07, 6.45) is 7.81. The number of anilines is 1. The van der Waals surface area contributed by atoms with Crippen molar-refractivity contribution in [2.75, 3.05) is 51.1 Å². The van der Waals surface area contributed by atoms with Gasteiger partial charge >= 0.3 is 0 Å². The summed E-state index contributed by atoms with van der Waals surface area (Å²) in [5.41, 5.74) is 3.71. The summed E-state index contributed by atoms with van der Waals surface area (Å²) in [4.78, 5) is 17.7. The van der Waals surface area contributed by atoms with Crippen LogP contribution in [0.4, 0.5) is 5.82 Å². The Morgan fingerprint density at radius 3 is 2.50 bits per heavy atom. The number of benzene rings is 2. The Morgan fingerprint density at radius 2 is 1.74 bits per heavy atom. The fourth-order valence-electron chi connectivity index (χ4n) is 6.84. The van der Waals surface area contributed by atoms with Crippen LogP contribution in [-0.2, 0) is 6.54 Å². The maximum atomic E-state index is 6.46. The van der Waals surface area contributed by atoms with Gasteiger partial charge in [0.15, 0.2) is 0 Å². The summed E-state index contributed by atoms with van der Waals surface area (Å²) >= 11 is 12.7. The Kier molecular flexibility index (Phi) is 9.47. The predicted octanol–water partition coefficient (Wildman–Crippen LogP) is 7.13. The Morgan fingerprint density at radius 1 is 0.952 bits per heavy atom. The second kappa shape index (κ2) is 13.4. The molecule has 0 saturated carbocycles. The molecule has 42 heavy (non-hydrogen) atoms. The highest BCUT2D eigenvalue weighted by atomic mass is 35.5. The minimum Gasteiger partial charge on any atom is -0.368 e. The first kappa shape index (κ1) is 29.6. The summed E-state index contributed by atoms with van der Waals surface area (Å²) in [5, 5.41) is 6.52. The lowest BCUT2D eigenvalue weighted by Gasteiger charge is -2.41. The molecule has 6 nitrogen and oxygen atoms in total. The molecule has 1 aliphatic carbocycles. The summed E-state index contributed by atoms with van der Waals surface area (Å²) in [5.74, 6) is 2.20. The largest absolute Gasteiger partial charge is 0.368 e. The van der Waals surface area contributed by atoms with E-state index < -0.39 is 0 Å². The molecule has 0 spiro atoms. The quantitative estimate of drug-likeness (QED) is 0.280. The summed E-state index contributed by atoms with van der Waals surface area (Å²) in [6.45, 7) is 12.3. The first-order chi connectivity index (χ1) is 20.5. The molecule has 0 radical (unpaired) electrons. The van der Waals surface area contributed by atoms with E-state index in [2.05, 4.69) is 82.4 Å². The number of rotatable bonds is 9. The van der Waals surface area contributed by atoms with Gasteiger partial charge in [-0.15, -0.1) is 0 Å². The van der Waals surface area contributed by atoms with Gasteiger partial charge in [0.25, 0.3) is 0 Å². The van der Waals surface area contributed by atoms with E-state index in [-0.39, 0.29) is 6.04 Å². The minimum absolute atomic E-state index is 0.221. The Bertz CT molecular complexity index is 1430. The molecule has 0 amide bonds. The fourth-order valence-corrected chi connectivity index (χ4v) is 7.11. The van der Waals surface area contributed by atoms with Crippen molar-refractivity contribution in [3.8, 4) is 0 Å². The van der Waals surface area contributed by atoms with Gasteiger partial charge in [0.1, 0.15) is 11.6 Å². The smallest absolute Gasteiger partial charge is 0.145 e. The van der Waals surface area contributed by atoms with Crippen molar-refractivity contribution < 1.29 is 0 Å². The van der Waals surface area contributed by atoms with Gasteiger partial charge in [-0.05, 0) is 79.7 Å². The van der Waals surface area contributed by atoms with Crippen molar-refractivity contribution in [3.05, 3.63) is 87.7 Å². The third-order valence-corrected chi connectivity index (χ3v) is 9.95. The highest BCUT2D eigenvalue weighted by Gasteiger charge is 2.30. The van der Waals surface area contributed by atoms with Crippen molar-refractivity contribution in [3.63, 3.8) is 0 Å². The van der Waals surface area contributed by atoms with Crippen molar-refractivity contribution in [1.29, 1.82) is 0 Å². The number of hydrogen-bond acceptors (Lipinski definition) is 6. The Balaban J connectivity index is 1.16. The van der Waals surface area contributed by atoms with Crippen molar-refractivity contribution >= 4 is 39.9 Å². The van der Waals surface area contributed by atoms with E-state index >= 15 is 0 Å². The number of allylic oxidation sites excluding steroid dienone is 3. The van der Waals surface area contributed by atoms with Gasteiger partial charge in [0, 0.05) is 54.2 Å². The van der Waals surface area contributed by atoms with Crippen molar-refractivity contribution in [2.45, 2.75) is 51.7 Å². The van der Waals surface area contributed by atoms with E-state index in [1.165, 1.54) is 30.5 Å². The molecule has 3 aliphatic rings. The number of para-hydroxylation sites is 1. The van der Waals surface area contributed by atoms with Gasteiger partial charge < -0.3 is 5.32 Å². The van der Waals surface area contributed by atoms with E-state index in [1.54, 1.807) is 0 Å². The van der Waals surface area contributed by atoms with Crippen LogP contribution < -0.4 is 5.32 Å². The van der Waals surface area contributed by atoms with Gasteiger partial charge in [0.2, 0.25) is 0 Å². The molecule has 2 saturated heterocycles. The molecular formula is C34H42Cl2N6. The normalized spacial score (nSPS) is 23.1. The zero-order chi connectivity index (χ0) is 29.1. The molecule has 6 rings (SSSR count). The average Bonchev–Trinajstić information content (AvgIpc) is 3.47. The average molecular weight is 606 g/mol. The summed E-state index contributed by atoms with van der Waals surface area (Å²) in [7, 11) is 0. The van der Waals surface area contributed by atoms with E-state index in [0.717, 1.165) is 84.8 Å². The van der Waals surface area contributed by atoms with Gasteiger partial charge in [-0.3, -0.25) is 14.7 Å². The number of fused-ring (bicyclic) bond motifs is 1. The highest BCUT2D eigenvalue weighted by Crippen LogP contribution is 2.38. The van der Waals surface area contributed by atoms with Crippen LogP contribution in [0.5, 0.6) is 0 Å². The summed E-state index contributed by atoms with van der Waals surface area (Å²) in [6, 6.07) is 17.5. The van der Waals surface area contributed by atoms with Crippen LogP contribution >= 0.6 is 23.2 Å². The van der Waals surface area contributed by atoms with Crippen LogP contribution in [0.1, 0.15) is 50.5 Å². The number of halogens is 2. The van der Waals surface area contributed by atoms with E-state index in [0.29, 0.717) is 12.0 Å². The topological polar surface area (TPSA) is 47.5 Å². The minimum atomic E-state index is 0.221. The Labute approximate surface area is 260 Å². The lowest BCUT2D eigenvalue weighted by Crippen LogP contribution is -2.47. The van der Waals surface area contributed by atoms with Gasteiger partial charge in [-0.1, -0.05) is 67.4 Å². The zero-order valence-corrected chi connectivity index (χ0v) is 26.3. The molecule has 1 N–H and O–H groups in total. The highest BCUT2D eigenvalue weighted by molar-refractivity contribution is 6.30. The molecule has 222 valence electrons. The van der Waals surface area contributed by atoms with E-state index in [9.17, 15) is 0 Å². The number of nitrogens with zero attached hydrogens (tertiary/aromatic N) is 5. The molecule has 3 aromatic rings. The van der Waals surface area contributed by atoms with Gasteiger partial charge in [0.05, 0.1) is 18.1 Å². The second-order valence-corrected chi connectivity index (χ2v) is 12.8. The third kappa shape index (κ3) is 6.68. The molecule has 0 bridgehead atoms. The number of aromatic nitrogens is 2. The molecule has 2 aliphatic heterocycles. The number of likely N-dealkylation sites (N-methyl/N-ethyl adjacent to an activating group) is 1. The molecule has 3 unspecified atom stereocenters. The second-order valence-electron chi connectivity index (χ2n) is 12.0. The monoisotopic (exact) mass is 604 g/mol. The maximum Gasteiger partial charge on any atom is 0.145 e. The molecule has 3 heterocycles. The van der Waals surface area contributed by atoms with Crippen LogP contribution in [0, 0.1) is 5.92 Å². The number of likely N-dealkylation sites (tertiary alicyclic amines) is 1. The lowest BCUT2D eigenvalue weighted by atomic mass is 9.86. The van der Waals surface area contributed by atoms with E-state index in [1.807, 2.05) is 12.1 Å². The predicted molar refractivity (Wildman–Crippen MR) is 175 cm³/mol. The van der Waals surface area contributed by atoms with Crippen LogP contribution in [0.3, 0.4) is 0 Å². The van der Waals surface area contributed by atoms with Gasteiger partial charge in [-0.25, -0.2) is 9.97 Å². The van der Waals surface area contributed by atoms with Crippen molar-refractivity contribution in [2.24, 2.45) is 5.92 Å². The first-order valence-corrected chi connectivity index (χ1v) is 16.3. The van der Waals surface area contributed by atoms with E-state index in [4.69, 9.17) is 33.2 Å². The van der Waals surface area contributed by atoms with Crippen molar-refractivity contribution in [1.82, 2.24) is 24.7 Å². The van der Waals surface area contributed by atoms with Crippen LogP contribution in [-0.4, -0.2) is 76.5 Å². The number of piperazine rings is 1. The van der Waals surface area contributed by atoms with Crippen LogP contribution in [0.2, 0.25) is 5.02 Å². The molecule has 3 atom stereocenters.